The normalized spacial score (nSPS) is 28.3. The Morgan fingerprint density at radius 3 is 2.44 bits per heavy atom. The van der Waals surface area contributed by atoms with Gasteiger partial charge in [-0.3, -0.25) is 0 Å². The standard InChI is InChI=1S/C10H18F3NO2/c11-10(12,13)9(16)5-14-4-7-2-1-3-8(7)6-15/h7-9,14-16H,1-6H2. The van der Waals surface area contributed by atoms with Crippen LogP contribution in [0.25, 0.3) is 0 Å². The molecule has 0 saturated heterocycles. The van der Waals surface area contributed by atoms with E-state index in [2.05, 4.69) is 5.32 Å². The van der Waals surface area contributed by atoms with E-state index >= 15 is 0 Å². The third-order valence-electron chi connectivity index (χ3n) is 3.17. The number of halogens is 3. The Morgan fingerprint density at radius 2 is 1.88 bits per heavy atom. The van der Waals surface area contributed by atoms with Crippen molar-refractivity contribution in [3.63, 3.8) is 0 Å². The summed E-state index contributed by atoms with van der Waals surface area (Å²) in [6.45, 7) is 0.0463. The van der Waals surface area contributed by atoms with Crippen molar-refractivity contribution in [1.82, 2.24) is 5.32 Å². The second-order valence-corrected chi connectivity index (χ2v) is 4.35. The summed E-state index contributed by atoms with van der Waals surface area (Å²) < 4.78 is 35.9. The van der Waals surface area contributed by atoms with Gasteiger partial charge in [-0.15, -0.1) is 0 Å². The molecular weight excluding hydrogens is 223 g/mol. The van der Waals surface area contributed by atoms with E-state index in [9.17, 15) is 13.2 Å². The smallest absolute Gasteiger partial charge is 0.396 e. The highest BCUT2D eigenvalue weighted by Gasteiger charge is 2.38. The van der Waals surface area contributed by atoms with Crippen molar-refractivity contribution in [1.29, 1.82) is 0 Å². The minimum atomic E-state index is -4.56. The average molecular weight is 241 g/mol. The molecule has 1 aliphatic carbocycles. The third-order valence-corrected chi connectivity index (χ3v) is 3.17. The molecular formula is C10H18F3NO2. The number of rotatable bonds is 5. The number of aliphatic hydroxyl groups excluding tert-OH is 2. The van der Waals surface area contributed by atoms with E-state index in [0.717, 1.165) is 19.3 Å². The van der Waals surface area contributed by atoms with E-state index in [1.165, 1.54) is 0 Å². The maximum atomic E-state index is 12.0. The van der Waals surface area contributed by atoms with Crippen molar-refractivity contribution >= 4 is 0 Å². The second kappa shape index (κ2) is 5.84. The minimum Gasteiger partial charge on any atom is -0.396 e. The maximum Gasteiger partial charge on any atom is 0.415 e. The van der Waals surface area contributed by atoms with Crippen molar-refractivity contribution in [3.05, 3.63) is 0 Å². The Labute approximate surface area is 92.7 Å². The molecule has 3 N–H and O–H groups in total. The van der Waals surface area contributed by atoms with Gasteiger partial charge in [-0.1, -0.05) is 6.42 Å². The minimum absolute atomic E-state index is 0.0914. The fourth-order valence-electron chi connectivity index (χ4n) is 2.14. The SMILES string of the molecule is OCC1CCCC1CNCC(O)C(F)(F)F. The van der Waals surface area contributed by atoms with Crippen molar-refractivity contribution in [3.8, 4) is 0 Å². The van der Waals surface area contributed by atoms with E-state index < -0.39 is 18.8 Å². The van der Waals surface area contributed by atoms with E-state index in [0.29, 0.717) is 6.54 Å². The average Bonchev–Trinajstić information content (AvgIpc) is 2.63. The first kappa shape index (κ1) is 13.7. The van der Waals surface area contributed by atoms with Crippen LogP contribution < -0.4 is 5.32 Å². The van der Waals surface area contributed by atoms with Gasteiger partial charge < -0.3 is 15.5 Å². The molecule has 0 amide bonds. The lowest BCUT2D eigenvalue weighted by Crippen LogP contribution is -2.40. The van der Waals surface area contributed by atoms with E-state index in [-0.39, 0.29) is 18.4 Å². The molecule has 3 unspecified atom stereocenters. The lowest BCUT2D eigenvalue weighted by molar-refractivity contribution is -0.201. The summed E-state index contributed by atoms with van der Waals surface area (Å²) >= 11 is 0. The van der Waals surface area contributed by atoms with Gasteiger partial charge in [-0.2, -0.15) is 13.2 Å². The molecule has 1 fully saturated rings. The topological polar surface area (TPSA) is 52.5 Å². The van der Waals surface area contributed by atoms with Crippen molar-refractivity contribution in [2.24, 2.45) is 11.8 Å². The quantitative estimate of drug-likeness (QED) is 0.670. The molecule has 0 aliphatic heterocycles. The zero-order chi connectivity index (χ0) is 12.2. The van der Waals surface area contributed by atoms with Crippen molar-refractivity contribution < 1.29 is 23.4 Å². The van der Waals surface area contributed by atoms with Crippen LogP contribution in [-0.4, -0.2) is 42.2 Å². The molecule has 96 valence electrons. The van der Waals surface area contributed by atoms with Crippen molar-refractivity contribution in [2.75, 3.05) is 19.7 Å². The predicted octanol–water partition coefficient (Wildman–Crippen LogP) is 0.908. The highest BCUT2D eigenvalue weighted by atomic mass is 19.4. The first-order valence-electron chi connectivity index (χ1n) is 5.51. The zero-order valence-corrected chi connectivity index (χ0v) is 9.00. The van der Waals surface area contributed by atoms with Gasteiger partial charge in [-0.25, -0.2) is 0 Å². The summed E-state index contributed by atoms with van der Waals surface area (Å²) in [4.78, 5) is 0. The number of alkyl halides is 3. The predicted molar refractivity (Wildman–Crippen MR) is 52.8 cm³/mol. The Bertz CT molecular complexity index is 211. The molecule has 16 heavy (non-hydrogen) atoms. The third kappa shape index (κ3) is 3.92. The first-order chi connectivity index (χ1) is 7.45. The molecule has 1 saturated carbocycles. The van der Waals surface area contributed by atoms with Crippen molar-refractivity contribution in [2.45, 2.75) is 31.5 Å². The fourth-order valence-corrected chi connectivity index (χ4v) is 2.14. The molecule has 0 aromatic rings. The Balaban J connectivity index is 2.20. The molecule has 0 spiro atoms. The Kier molecular flexibility index (Phi) is 5.01. The van der Waals surface area contributed by atoms with Gasteiger partial charge in [0.25, 0.3) is 0 Å². The van der Waals surface area contributed by atoms with Crippen LogP contribution in [0.3, 0.4) is 0 Å². The summed E-state index contributed by atoms with van der Waals surface area (Å²) in [7, 11) is 0. The summed E-state index contributed by atoms with van der Waals surface area (Å²) in [5.41, 5.74) is 0. The summed E-state index contributed by atoms with van der Waals surface area (Å²) in [5, 5.41) is 20.4. The van der Waals surface area contributed by atoms with Gasteiger partial charge >= 0.3 is 6.18 Å². The van der Waals surface area contributed by atoms with Crippen LogP contribution >= 0.6 is 0 Å². The molecule has 1 rings (SSSR count). The Hall–Kier alpha value is -0.330. The number of nitrogens with one attached hydrogen (secondary N) is 1. The molecule has 0 heterocycles. The largest absolute Gasteiger partial charge is 0.415 e. The zero-order valence-electron chi connectivity index (χ0n) is 9.00. The van der Waals surface area contributed by atoms with Gasteiger partial charge in [0, 0.05) is 13.2 Å². The van der Waals surface area contributed by atoms with Crippen LogP contribution in [0.2, 0.25) is 0 Å². The molecule has 3 nitrogen and oxygen atoms in total. The van der Waals surface area contributed by atoms with Crippen LogP contribution in [0.1, 0.15) is 19.3 Å². The number of hydrogen-bond donors (Lipinski definition) is 3. The molecule has 3 atom stereocenters. The van der Waals surface area contributed by atoms with Crippen LogP contribution in [0.4, 0.5) is 13.2 Å². The first-order valence-corrected chi connectivity index (χ1v) is 5.51. The van der Waals surface area contributed by atoms with Crippen LogP contribution in [0.15, 0.2) is 0 Å². The number of aliphatic hydroxyl groups is 2. The number of hydrogen-bond acceptors (Lipinski definition) is 3. The molecule has 6 heteroatoms. The van der Waals surface area contributed by atoms with Gasteiger partial charge in [0.2, 0.25) is 0 Å². The lowest BCUT2D eigenvalue weighted by atomic mass is 9.97. The summed E-state index contributed by atoms with van der Waals surface area (Å²) in [5.74, 6) is 0.418. The highest BCUT2D eigenvalue weighted by Crippen LogP contribution is 2.30. The van der Waals surface area contributed by atoms with E-state index in [1.54, 1.807) is 0 Å². The van der Waals surface area contributed by atoms with Gasteiger partial charge in [0.15, 0.2) is 6.10 Å². The Morgan fingerprint density at radius 1 is 1.25 bits per heavy atom. The molecule has 1 aliphatic rings. The lowest BCUT2D eigenvalue weighted by Gasteiger charge is -2.20. The molecule has 0 aromatic carbocycles. The van der Waals surface area contributed by atoms with Gasteiger partial charge in [-0.05, 0) is 31.2 Å². The maximum absolute atomic E-state index is 12.0. The molecule has 0 radical (unpaired) electrons. The van der Waals surface area contributed by atoms with E-state index in [1.807, 2.05) is 0 Å². The summed E-state index contributed by atoms with van der Waals surface area (Å²) in [6.07, 6.45) is -3.98. The van der Waals surface area contributed by atoms with E-state index in [4.69, 9.17) is 10.2 Å². The van der Waals surface area contributed by atoms with Gasteiger partial charge in [0.1, 0.15) is 0 Å². The van der Waals surface area contributed by atoms with Crippen LogP contribution in [-0.2, 0) is 0 Å². The second-order valence-electron chi connectivity index (χ2n) is 4.35. The van der Waals surface area contributed by atoms with Gasteiger partial charge in [0.05, 0.1) is 0 Å². The fraction of sp³-hybridized carbons (Fsp3) is 1.00. The summed E-state index contributed by atoms with van der Waals surface area (Å²) in [6, 6.07) is 0. The molecule has 0 bridgehead atoms. The molecule has 0 aromatic heterocycles. The van der Waals surface area contributed by atoms with Crippen LogP contribution in [0, 0.1) is 11.8 Å². The highest BCUT2D eigenvalue weighted by molar-refractivity contribution is 4.79. The monoisotopic (exact) mass is 241 g/mol. The van der Waals surface area contributed by atoms with Crippen LogP contribution in [0.5, 0.6) is 0 Å².